The van der Waals surface area contributed by atoms with Gasteiger partial charge in [0.25, 0.3) is 0 Å². The van der Waals surface area contributed by atoms with E-state index in [0.29, 0.717) is 13.0 Å². The summed E-state index contributed by atoms with van der Waals surface area (Å²) in [6, 6.07) is -0.173. The number of amides is 1. The SMILES string of the molecule is CCN(C(=O)[C@H](C)Sc1nc(C)cs1)[C@H]1CCS(=O)(=O)C1. The van der Waals surface area contributed by atoms with Gasteiger partial charge in [-0.3, -0.25) is 4.79 Å². The van der Waals surface area contributed by atoms with Crippen LogP contribution in [0, 0.1) is 6.92 Å². The van der Waals surface area contributed by atoms with E-state index in [1.807, 2.05) is 26.2 Å². The predicted octanol–water partition coefficient (Wildman–Crippen LogP) is 1.97. The highest BCUT2D eigenvalue weighted by molar-refractivity contribution is 8.02. The van der Waals surface area contributed by atoms with Gasteiger partial charge in [0.2, 0.25) is 5.91 Å². The van der Waals surface area contributed by atoms with Gasteiger partial charge in [0.1, 0.15) is 0 Å². The minimum Gasteiger partial charge on any atom is -0.338 e. The Kier molecular flexibility index (Phi) is 5.32. The molecule has 0 spiro atoms. The van der Waals surface area contributed by atoms with Crippen molar-refractivity contribution in [2.45, 2.75) is 42.8 Å². The van der Waals surface area contributed by atoms with Crippen molar-refractivity contribution in [3.05, 3.63) is 11.1 Å². The molecule has 0 radical (unpaired) electrons. The Morgan fingerprint density at radius 1 is 1.62 bits per heavy atom. The smallest absolute Gasteiger partial charge is 0.236 e. The maximum absolute atomic E-state index is 12.6. The minimum absolute atomic E-state index is 0.00236. The van der Waals surface area contributed by atoms with Gasteiger partial charge >= 0.3 is 0 Å². The molecular weight excluding hydrogens is 328 g/mol. The molecule has 1 aliphatic heterocycles. The largest absolute Gasteiger partial charge is 0.338 e. The molecule has 0 bridgehead atoms. The number of nitrogens with zero attached hydrogens (tertiary/aromatic N) is 2. The molecule has 2 atom stereocenters. The molecule has 1 aromatic heterocycles. The molecular formula is C13H20N2O3S3. The van der Waals surface area contributed by atoms with Crippen LogP contribution >= 0.6 is 23.1 Å². The number of carbonyl (C=O) groups excluding carboxylic acids is 1. The van der Waals surface area contributed by atoms with Crippen LogP contribution in [0.5, 0.6) is 0 Å². The van der Waals surface area contributed by atoms with E-state index in [4.69, 9.17) is 0 Å². The van der Waals surface area contributed by atoms with Crippen LogP contribution in [0.2, 0.25) is 0 Å². The van der Waals surface area contributed by atoms with Gasteiger partial charge in [-0.05, 0) is 27.2 Å². The zero-order valence-electron chi connectivity index (χ0n) is 12.4. The first-order chi connectivity index (χ1) is 9.82. The van der Waals surface area contributed by atoms with E-state index in [-0.39, 0.29) is 28.7 Å². The molecule has 5 nitrogen and oxygen atoms in total. The molecule has 118 valence electrons. The van der Waals surface area contributed by atoms with Crippen LogP contribution in [-0.4, -0.2) is 53.6 Å². The van der Waals surface area contributed by atoms with Crippen LogP contribution in [0.15, 0.2) is 9.72 Å². The van der Waals surface area contributed by atoms with Crippen LogP contribution in [0.25, 0.3) is 0 Å². The summed E-state index contributed by atoms with van der Waals surface area (Å²) in [4.78, 5) is 18.6. The predicted molar refractivity (Wildman–Crippen MR) is 86.6 cm³/mol. The number of thioether (sulfide) groups is 1. The highest BCUT2D eigenvalue weighted by Gasteiger charge is 2.35. The van der Waals surface area contributed by atoms with E-state index in [1.165, 1.54) is 23.1 Å². The first-order valence-electron chi connectivity index (χ1n) is 6.92. The quantitative estimate of drug-likeness (QED) is 0.761. The Morgan fingerprint density at radius 2 is 2.33 bits per heavy atom. The lowest BCUT2D eigenvalue weighted by molar-refractivity contribution is -0.131. The molecule has 0 N–H and O–H groups in total. The lowest BCUT2D eigenvalue weighted by atomic mass is 10.2. The molecule has 0 saturated carbocycles. The van der Waals surface area contributed by atoms with Gasteiger partial charge in [0.05, 0.1) is 16.8 Å². The van der Waals surface area contributed by atoms with Crippen LogP contribution in [0.1, 0.15) is 26.0 Å². The maximum atomic E-state index is 12.6. The molecule has 1 aromatic rings. The molecule has 0 aliphatic carbocycles. The Balaban J connectivity index is 2.02. The van der Waals surface area contributed by atoms with Crippen molar-refractivity contribution in [1.29, 1.82) is 0 Å². The number of sulfone groups is 1. The summed E-state index contributed by atoms with van der Waals surface area (Å²) in [6.07, 6.45) is 0.551. The fourth-order valence-electron chi connectivity index (χ4n) is 2.44. The zero-order chi connectivity index (χ0) is 15.6. The van der Waals surface area contributed by atoms with Gasteiger partial charge in [-0.15, -0.1) is 11.3 Å². The van der Waals surface area contributed by atoms with Crippen molar-refractivity contribution in [2.75, 3.05) is 18.1 Å². The van der Waals surface area contributed by atoms with Crippen LogP contribution in [0.4, 0.5) is 0 Å². The first kappa shape index (κ1) is 16.8. The molecule has 1 amide bonds. The average Bonchev–Trinajstić information content (AvgIpc) is 2.96. The number of hydrogen-bond acceptors (Lipinski definition) is 6. The van der Waals surface area contributed by atoms with E-state index in [1.54, 1.807) is 4.90 Å². The average molecular weight is 349 g/mol. The lowest BCUT2D eigenvalue weighted by Crippen LogP contribution is -2.44. The molecule has 1 saturated heterocycles. The van der Waals surface area contributed by atoms with E-state index in [2.05, 4.69) is 4.98 Å². The fraction of sp³-hybridized carbons (Fsp3) is 0.692. The molecule has 0 unspecified atom stereocenters. The molecule has 1 fully saturated rings. The Labute approximate surface area is 134 Å². The fourth-order valence-corrected chi connectivity index (χ4v) is 6.22. The standard InChI is InChI=1S/C13H20N2O3S3/c1-4-15(11-5-6-21(17,18)8-11)12(16)10(3)20-13-14-9(2)7-19-13/h7,10-11H,4-6,8H2,1-3H3/t10-,11-/m0/s1. The summed E-state index contributed by atoms with van der Waals surface area (Å²) < 4.78 is 24.1. The second-order valence-electron chi connectivity index (χ2n) is 5.20. The Morgan fingerprint density at radius 3 is 2.81 bits per heavy atom. The topological polar surface area (TPSA) is 67.3 Å². The second-order valence-corrected chi connectivity index (χ2v) is 9.87. The number of thiazole rings is 1. The molecule has 2 heterocycles. The molecule has 2 rings (SSSR count). The highest BCUT2D eigenvalue weighted by atomic mass is 32.2. The third-order valence-electron chi connectivity index (χ3n) is 3.50. The second kappa shape index (κ2) is 6.66. The number of aryl methyl sites for hydroxylation is 1. The summed E-state index contributed by atoms with van der Waals surface area (Å²) in [5, 5.41) is 1.71. The minimum atomic E-state index is -2.98. The Bertz CT molecular complexity index is 612. The van der Waals surface area contributed by atoms with Crippen molar-refractivity contribution in [2.24, 2.45) is 0 Å². The van der Waals surface area contributed by atoms with E-state index >= 15 is 0 Å². The molecule has 21 heavy (non-hydrogen) atoms. The normalized spacial score (nSPS) is 22.1. The van der Waals surface area contributed by atoms with Crippen molar-refractivity contribution in [3.63, 3.8) is 0 Å². The van der Waals surface area contributed by atoms with Gasteiger partial charge < -0.3 is 4.90 Å². The van der Waals surface area contributed by atoms with Gasteiger partial charge in [0, 0.05) is 23.7 Å². The van der Waals surface area contributed by atoms with Crippen molar-refractivity contribution in [1.82, 2.24) is 9.88 Å². The summed E-state index contributed by atoms with van der Waals surface area (Å²) in [5.74, 6) is 0.284. The van der Waals surface area contributed by atoms with Crippen molar-refractivity contribution >= 4 is 38.8 Å². The summed E-state index contributed by atoms with van der Waals surface area (Å²) in [5.41, 5.74) is 0.955. The van der Waals surface area contributed by atoms with E-state index in [0.717, 1.165) is 10.0 Å². The van der Waals surface area contributed by atoms with Gasteiger partial charge in [0.15, 0.2) is 14.2 Å². The van der Waals surface area contributed by atoms with Gasteiger partial charge in [-0.2, -0.15) is 0 Å². The first-order valence-corrected chi connectivity index (χ1v) is 10.5. The van der Waals surface area contributed by atoms with Crippen LogP contribution < -0.4 is 0 Å². The third kappa shape index (κ3) is 4.20. The number of rotatable bonds is 5. The van der Waals surface area contributed by atoms with Gasteiger partial charge in [-0.25, -0.2) is 13.4 Å². The molecule has 1 aliphatic rings. The maximum Gasteiger partial charge on any atom is 0.236 e. The number of carbonyl (C=O) groups is 1. The van der Waals surface area contributed by atoms with Crippen molar-refractivity contribution in [3.8, 4) is 0 Å². The summed E-state index contributed by atoms with van der Waals surface area (Å²) in [6.45, 7) is 6.22. The highest BCUT2D eigenvalue weighted by Crippen LogP contribution is 2.29. The van der Waals surface area contributed by atoms with Crippen molar-refractivity contribution < 1.29 is 13.2 Å². The van der Waals surface area contributed by atoms with Crippen LogP contribution in [-0.2, 0) is 14.6 Å². The van der Waals surface area contributed by atoms with Crippen LogP contribution in [0.3, 0.4) is 0 Å². The number of hydrogen-bond donors (Lipinski definition) is 0. The zero-order valence-corrected chi connectivity index (χ0v) is 14.9. The number of aromatic nitrogens is 1. The van der Waals surface area contributed by atoms with E-state index in [9.17, 15) is 13.2 Å². The van der Waals surface area contributed by atoms with E-state index < -0.39 is 9.84 Å². The monoisotopic (exact) mass is 348 g/mol. The lowest BCUT2D eigenvalue weighted by Gasteiger charge is -2.29. The molecule has 0 aromatic carbocycles. The Hall–Kier alpha value is -0.600. The summed E-state index contributed by atoms with van der Waals surface area (Å²) >= 11 is 2.97. The molecule has 8 heteroatoms. The third-order valence-corrected chi connectivity index (χ3v) is 7.42. The van der Waals surface area contributed by atoms with Gasteiger partial charge in [-0.1, -0.05) is 11.8 Å². The summed E-state index contributed by atoms with van der Waals surface area (Å²) in [7, 11) is -2.98.